The van der Waals surface area contributed by atoms with Gasteiger partial charge in [0.25, 0.3) is 5.91 Å². The maximum Gasteiger partial charge on any atom is 0.258 e. The molecule has 1 amide bonds. The molecule has 0 atom stereocenters. The van der Waals surface area contributed by atoms with E-state index in [9.17, 15) is 4.79 Å². The zero-order valence-electron chi connectivity index (χ0n) is 24.9. The van der Waals surface area contributed by atoms with Gasteiger partial charge in [-0.1, -0.05) is 30.3 Å². The lowest BCUT2D eigenvalue weighted by atomic mass is 10.0. The van der Waals surface area contributed by atoms with Crippen LogP contribution < -0.4 is 14.7 Å². The Morgan fingerprint density at radius 1 is 0.833 bits per heavy atom. The third-order valence-corrected chi connectivity index (χ3v) is 8.80. The number of carbonyl (C=O) groups is 1. The minimum absolute atomic E-state index is 0.0197. The van der Waals surface area contributed by atoms with Crippen molar-refractivity contribution in [3.05, 3.63) is 89.5 Å². The molecule has 3 aliphatic rings. The molecule has 2 saturated heterocycles. The molecule has 0 aromatic heterocycles. The fraction of sp³-hybridized carbons (Fsp3) is 0.400. The first-order valence-corrected chi connectivity index (χ1v) is 15.2. The number of amides is 1. The summed E-state index contributed by atoms with van der Waals surface area (Å²) < 4.78 is 11.1. The Labute approximate surface area is 249 Å². The number of hydrogen-bond acceptors (Lipinski definition) is 6. The number of para-hydroxylation sites is 1. The highest BCUT2D eigenvalue weighted by molar-refractivity contribution is 6.13. The second-order valence-electron chi connectivity index (χ2n) is 11.6. The van der Waals surface area contributed by atoms with E-state index in [0.717, 1.165) is 99.3 Å². The van der Waals surface area contributed by atoms with E-state index in [1.54, 1.807) is 0 Å². The van der Waals surface area contributed by atoms with Crippen molar-refractivity contribution in [1.29, 1.82) is 0 Å². The largest absolute Gasteiger partial charge is 0.381 e. The summed E-state index contributed by atoms with van der Waals surface area (Å²) >= 11 is 0. The third kappa shape index (κ3) is 6.38. The lowest BCUT2D eigenvalue weighted by molar-refractivity contribution is -0.114. The van der Waals surface area contributed by atoms with Crippen LogP contribution >= 0.6 is 0 Å². The van der Waals surface area contributed by atoms with Crippen molar-refractivity contribution in [2.24, 2.45) is 0 Å². The average molecular weight is 567 g/mol. The average Bonchev–Trinajstić information content (AvgIpc) is 3.22. The van der Waals surface area contributed by atoms with Crippen molar-refractivity contribution in [2.45, 2.75) is 31.8 Å². The van der Waals surface area contributed by atoms with Gasteiger partial charge in [-0.15, -0.1) is 0 Å². The second-order valence-corrected chi connectivity index (χ2v) is 11.6. The summed E-state index contributed by atoms with van der Waals surface area (Å²) in [7, 11) is 4.29. The van der Waals surface area contributed by atoms with Crippen LogP contribution in [-0.4, -0.2) is 77.0 Å². The Kier molecular flexibility index (Phi) is 8.89. The molecule has 0 saturated carbocycles. The topological polar surface area (TPSA) is 48.5 Å². The lowest BCUT2D eigenvalue weighted by Gasteiger charge is -2.31. The van der Waals surface area contributed by atoms with E-state index in [4.69, 9.17) is 9.47 Å². The number of anilines is 4. The van der Waals surface area contributed by atoms with Crippen molar-refractivity contribution in [3.8, 4) is 0 Å². The summed E-state index contributed by atoms with van der Waals surface area (Å²) in [6, 6.07) is 25.8. The van der Waals surface area contributed by atoms with Crippen LogP contribution in [0.2, 0.25) is 0 Å². The van der Waals surface area contributed by atoms with Gasteiger partial charge in [-0.25, -0.2) is 0 Å². The minimum Gasteiger partial charge on any atom is -0.381 e. The summed E-state index contributed by atoms with van der Waals surface area (Å²) in [6.07, 6.45) is 4.91. The fourth-order valence-corrected chi connectivity index (χ4v) is 6.25. The molecule has 0 N–H and O–H groups in total. The normalized spacial score (nSPS) is 17.9. The molecule has 0 unspecified atom stereocenters. The molecule has 3 aliphatic heterocycles. The van der Waals surface area contributed by atoms with E-state index in [1.807, 2.05) is 11.0 Å². The van der Waals surface area contributed by atoms with E-state index < -0.39 is 0 Å². The lowest BCUT2D eigenvalue weighted by Crippen LogP contribution is -2.36. The van der Waals surface area contributed by atoms with Crippen LogP contribution in [0.3, 0.4) is 0 Å². The summed E-state index contributed by atoms with van der Waals surface area (Å²) in [5.41, 5.74) is 7.19. The van der Waals surface area contributed by atoms with E-state index in [1.165, 1.54) is 5.56 Å². The van der Waals surface area contributed by atoms with Crippen LogP contribution in [0, 0.1) is 0 Å². The van der Waals surface area contributed by atoms with Crippen LogP contribution in [-0.2, 0) is 20.8 Å². The molecule has 42 heavy (non-hydrogen) atoms. The highest BCUT2D eigenvalue weighted by atomic mass is 16.5. The fourth-order valence-electron chi connectivity index (χ4n) is 6.25. The Bertz CT molecular complexity index is 1380. The van der Waals surface area contributed by atoms with Crippen LogP contribution in [0.5, 0.6) is 0 Å². The molecular formula is C35H42N4O3. The van der Waals surface area contributed by atoms with Crippen molar-refractivity contribution >= 4 is 34.7 Å². The van der Waals surface area contributed by atoms with Gasteiger partial charge in [-0.3, -0.25) is 14.6 Å². The molecule has 6 rings (SSSR count). The van der Waals surface area contributed by atoms with Crippen LogP contribution in [0.1, 0.15) is 30.4 Å². The summed E-state index contributed by atoms with van der Waals surface area (Å²) in [4.78, 5) is 23.3. The Morgan fingerprint density at radius 2 is 1.48 bits per heavy atom. The van der Waals surface area contributed by atoms with Gasteiger partial charge in [-0.2, -0.15) is 0 Å². The van der Waals surface area contributed by atoms with E-state index in [-0.39, 0.29) is 5.91 Å². The van der Waals surface area contributed by atoms with Gasteiger partial charge in [0.1, 0.15) is 0 Å². The van der Waals surface area contributed by atoms with E-state index in [0.29, 0.717) is 12.5 Å². The monoisotopic (exact) mass is 566 g/mol. The second kappa shape index (κ2) is 13.1. The minimum atomic E-state index is 0.0197. The number of benzene rings is 3. The first-order chi connectivity index (χ1) is 20.6. The number of carbonyl (C=O) groups excluding carboxylic acids is 1. The maximum absolute atomic E-state index is 14.4. The number of ether oxygens (including phenoxy) is 2. The van der Waals surface area contributed by atoms with Crippen molar-refractivity contribution in [3.63, 3.8) is 0 Å². The van der Waals surface area contributed by atoms with Gasteiger partial charge in [0.2, 0.25) is 0 Å². The van der Waals surface area contributed by atoms with E-state index in [2.05, 4.69) is 102 Å². The Morgan fingerprint density at radius 3 is 2.19 bits per heavy atom. The molecule has 3 heterocycles. The highest BCUT2D eigenvalue weighted by Gasteiger charge is 2.25. The predicted octanol–water partition coefficient (Wildman–Crippen LogP) is 5.72. The number of fused-ring (bicyclic) bond motifs is 1. The van der Waals surface area contributed by atoms with Crippen molar-refractivity contribution < 1.29 is 14.3 Å². The van der Waals surface area contributed by atoms with Gasteiger partial charge in [0.15, 0.2) is 0 Å². The molecule has 0 radical (unpaired) electrons. The predicted molar refractivity (Wildman–Crippen MR) is 171 cm³/mol. The molecule has 0 bridgehead atoms. The van der Waals surface area contributed by atoms with Gasteiger partial charge in [0.05, 0.1) is 13.2 Å². The molecule has 7 nitrogen and oxygen atoms in total. The Balaban J connectivity index is 1.29. The van der Waals surface area contributed by atoms with Crippen LogP contribution in [0.4, 0.5) is 22.7 Å². The van der Waals surface area contributed by atoms with Gasteiger partial charge >= 0.3 is 0 Å². The van der Waals surface area contributed by atoms with Crippen LogP contribution in [0.25, 0.3) is 6.08 Å². The van der Waals surface area contributed by atoms with Gasteiger partial charge in [0, 0.05) is 80.8 Å². The van der Waals surface area contributed by atoms with Crippen LogP contribution in [0.15, 0.2) is 78.4 Å². The Hall–Kier alpha value is -3.65. The molecular weight excluding hydrogens is 524 g/mol. The molecule has 0 spiro atoms. The number of morpholine rings is 1. The first kappa shape index (κ1) is 28.5. The summed E-state index contributed by atoms with van der Waals surface area (Å²) in [6.45, 7) is 6.59. The van der Waals surface area contributed by atoms with Crippen molar-refractivity contribution in [1.82, 2.24) is 4.90 Å². The SMILES string of the molecule is CN1CCC(C(=O)N(c2ccc(CN(C)C3CCOCC3)cc2)c2ccc(N3CCOCC3)cc2)=Cc2ccccc21. The zero-order valence-corrected chi connectivity index (χ0v) is 24.9. The van der Waals surface area contributed by atoms with Gasteiger partial charge < -0.3 is 19.3 Å². The molecule has 0 aliphatic carbocycles. The maximum atomic E-state index is 14.4. The number of hydrogen-bond donors (Lipinski definition) is 0. The standard InChI is InChI=1S/C35H42N4O3/c1-36-18-15-29(25-28-5-3-4-6-34(28)36)35(40)39(33-13-11-31(12-14-33)38-19-23-42-24-20-38)32-9-7-27(8-10-32)26-37(2)30-16-21-41-22-17-30/h3-14,25,30H,15-24,26H2,1-2H3. The number of rotatable bonds is 7. The van der Waals surface area contributed by atoms with Crippen molar-refractivity contribution in [2.75, 3.05) is 74.9 Å². The number of nitrogens with zero attached hydrogens (tertiary/aromatic N) is 4. The van der Waals surface area contributed by atoms with Gasteiger partial charge in [-0.05, 0) is 86.0 Å². The molecule has 7 heteroatoms. The molecule has 220 valence electrons. The zero-order chi connectivity index (χ0) is 28.9. The smallest absolute Gasteiger partial charge is 0.258 e. The molecule has 3 aromatic carbocycles. The summed E-state index contributed by atoms with van der Waals surface area (Å²) in [5, 5.41) is 0. The third-order valence-electron chi connectivity index (χ3n) is 8.80. The summed E-state index contributed by atoms with van der Waals surface area (Å²) in [5.74, 6) is 0.0197. The van der Waals surface area contributed by atoms with E-state index >= 15 is 0 Å². The highest BCUT2D eigenvalue weighted by Crippen LogP contribution is 2.33. The quantitative estimate of drug-likeness (QED) is 0.365. The first-order valence-electron chi connectivity index (χ1n) is 15.2. The molecule has 2 fully saturated rings. The molecule has 3 aromatic rings.